The lowest BCUT2D eigenvalue weighted by Crippen LogP contribution is -2.24. The number of hydrogen-bond donors (Lipinski definition) is 2. The number of esters is 1. The lowest BCUT2D eigenvalue weighted by molar-refractivity contribution is 0.0595. The van der Waals surface area contributed by atoms with Gasteiger partial charge in [-0.2, -0.15) is 0 Å². The van der Waals surface area contributed by atoms with Gasteiger partial charge in [-0.3, -0.25) is 4.79 Å². The molecule has 0 amide bonds. The number of nitrogens with one attached hydrogen (secondary N) is 1. The molecule has 1 aliphatic carbocycles. The van der Waals surface area contributed by atoms with Crippen molar-refractivity contribution in [2.75, 3.05) is 7.11 Å². The molecular weight excluding hydrogens is 308 g/mol. The summed E-state index contributed by atoms with van der Waals surface area (Å²) in [7, 11) is 1.15. The number of aromatic amines is 1. The zero-order chi connectivity index (χ0) is 16.0. The van der Waals surface area contributed by atoms with Gasteiger partial charge in [-0.15, -0.1) is 0 Å². The first kappa shape index (κ1) is 14.6. The van der Waals surface area contributed by atoms with Crippen LogP contribution in [0.2, 0.25) is 5.15 Å². The number of aromatic hydroxyl groups is 1. The highest BCUT2D eigenvalue weighted by Gasteiger charge is 2.31. The van der Waals surface area contributed by atoms with Crippen LogP contribution in [0, 0.1) is 0 Å². The maximum atomic E-state index is 12.1. The fraction of sp³-hybridized carbons (Fsp3) is 0.267. The predicted octanol–water partition coefficient (Wildman–Crippen LogP) is 2.24. The molecule has 1 atom stereocenters. The highest BCUT2D eigenvalue weighted by Crippen LogP contribution is 2.42. The molecule has 7 heteroatoms. The topological polar surface area (TPSA) is 92.3 Å². The van der Waals surface area contributed by atoms with Gasteiger partial charge in [-0.05, 0) is 24.0 Å². The Morgan fingerprint density at radius 3 is 2.91 bits per heavy atom. The second-order valence-corrected chi connectivity index (χ2v) is 5.59. The third-order valence-corrected chi connectivity index (χ3v) is 4.03. The van der Waals surface area contributed by atoms with E-state index < -0.39 is 17.1 Å². The summed E-state index contributed by atoms with van der Waals surface area (Å²) in [6.07, 6.45) is 0.618. The molecule has 114 valence electrons. The number of hydrogen-bond acceptors (Lipinski definition) is 5. The molecule has 0 saturated carbocycles. The molecule has 1 aliphatic rings. The van der Waals surface area contributed by atoms with E-state index in [1.165, 1.54) is 0 Å². The van der Waals surface area contributed by atoms with Gasteiger partial charge >= 0.3 is 5.97 Å². The number of methoxy groups -OCH3 is 1. The van der Waals surface area contributed by atoms with Crippen LogP contribution in [0.1, 0.15) is 34.3 Å². The second kappa shape index (κ2) is 5.14. The summed E-state index contributed by atoms with van der Waals surface area (Å²) in [5.74, 6) is -1.32. The normalized spacial score (nSPS) is 15.9. The van der Waals surface area contributed by atoms with Crippen molar-refractivity contribution < 1.29 is 14.6 Å². The van der Waals surface area contributed by atoms with E-state index in [9.17, 15) is 14.7 Å². The summed E-state index contributed by atoms with van der Waals surface area (Å²) in [4.78, 5) is 30.7. The molecule has 0 aromatic carbocycles. The van der Waals surface area contributed by atoms with Gasteiger partial charge in [0.1, 0.15) is 10.9 Å². The number of ether oxygens (including phenoxy) is 1. The molecule has 0 spiro atoms. The summed E-state index contributed by atoms with van der Waals surface area (Å²) in [5.41, 5.74) is 1.20. The monoisotopic (exact) mass is 320 g/mol. The number of nitrogens with zero attached hydrogens (tertiary/aromatic N) is 1. The van der Waals surface area contributed by atoms with Crippen LogP contribution in [0.25, 0.3) is 11.4 Å². The molecule has 0 bridgehead atoms. The van der Waals surface area contributed by atoms with Crippen LogP contribution in [-0.4, -0.2) is 28.2 Å². The van der Waals surface area contributed by atoms with Gasteiger partial charge in [0.05, 0.1) is 18.5 Å². The van der Waals surface area contributed by atoms with E-state index in [1.54, 1.807) is 6.07 Å². The first-order valence-electron chi connectivity index (χ1n) is 6.67. The Labute approximate surface area is 130 Å². The molecule has 0 saturated heterocycles. The third kappa shape index (κ3) is 2.07. The van der Waals surface area contributed by atoms with E-state index in [-0.39, 0.29) is 16.8 Å². The number of carbonyl (C=O) groups excluding carboxylic acids is 1. The fourth-order valence-electron chi connectivity index (χ4n) is 2.84. The van der Waals surface area contributed by atoms with Crippen LogP contribution in [-0.2, 0) is 11.2 Å². The van der Waals surface area contributed by atoms with Crippen LogP contribution in [0.4, 0.5) is 0 Å². The Morgan fingerprint density at radius 1 is 1.50 bits per heavy atom. The van der Waals surface area contributed by atoms with E-state index in [0.717, 1.165) is 12.7 Å². The SMILES string of the molecule is COC(=O)c1c(O)c2c([nH]c1=O)-c1nc(Cl)ccc1CC2C. The Balaban J connectivity index is 2.35. The molecular formula is C15H13ClN2O4. The summed E-state index contributed by atoms with van der Waals surface area (Å²) in [6, 6.07) is 3.52. The molecule has 2 aromatic rings. The van der Waals surface area contributed by atoms with Crippen molar-refractivity contribution in [2.45, 2.75) is 19.3 Å². The maximum absolute atomic E-state index is 12.1. The number of carbonyl (C=O) groups is 1. The molecule has 1 unspecified atom stereocenters. The summed E-state index contributed by atoms with van der Waals surface area (Å²) < 4.78 is 4.56. The number of rotatable bonds is 1. The highest BCUT2D eigenvalue weighted by atomic mass is 35.5. The van der Waals surface area contributed by atoms with E-state index in [2.05, 4.69) is 14.7 Å². The molecule has 2 N–H and O–H groups in total. The van der Waals surface area contributed by atoms with E-state index in [4.69, 9.17) is 11.6 Å². The average molecular weight is 321 g/mol. The standard InChI is InChI=1S/C15H13ClN2O4/c1-6-5-7-3-4-8(16)17-11(7)12-9(6)13(19)10(14(20)18-12)15(21)22-2/h3-4,6H,5H2,1-2H3,(H2,18,19,20). The van der Waals surface area contributed by atoms with Crippen LogP contribution in [0.5, 0.6) is 5.75 Å². The smallest absolute Gasteiger partial charge is 0.347 e. The van der Waals surface area contributed by atoms with Crippen molar-refractivity contribution in [3.8, 4) is 17.1 Å². The van der Waals surface area contributed by atoms with Gasteiger partial charge in [-0.25, -0.2) is 9.78 Å². The van der Waals surface area contributed by atoms with E-state index >= 15 is 0 Å². The Morgan fingerprint density at radius 2 is 2.23 bits per heavy atom. The number of fused-ring (bicyclic) bond motifs is 3. The minimum atomic E-state index is -0.876. The van der Waals surface area contributed by atoms with Gasteiger partial charge in [0.2, 0.25) is 0 Å². The van der Waals surface area contributed by atoms with E-state index in [0.29, 0.717) is 23.4 Å². The van der Waals surface area contributed by atoms with Crippen molar-refractivity contribution in [3.63, 3.8) is 0 Å². The summed E-state index contributed by atoms with van der Waals surface area (Å²) in [6.45, 7) is 1.90. The lowest BCUT2D eigenvalue weighted by atomic mass is 9.83. The van der Waals surface area contributed by atoms with Gasteiger partial charge in [-0.1, -0.05) is 24.6 Å². The first-order valence-corrected chi connectivity index (χ1v) is 7.05. The molecule has 0 fully saturated rings. The van der Waals surface area contributed by atoms with Gasteiger partial charge in [0.15, 0.2) is 5.56 Å². The molecule has 22 heavy (non-hydrogen) atoms. The Kier molecular flexibility index (Phi) is 3.41. The quantitative estimate of drug-likeness (QED) is 0.621. The van der Waals surface area contributed by atoms with Crippen molar-refractivity contribution >= 4 is 17.6 Å². The second-order valence-electron chi connectivity index (χ2n) is 5.20. The number of pyridine rings is 2. The minimum Gasteiger partial charge on any atom is -0.506 e. The number of aromatic nitrogens is 2. The number of halogens is 1. The molecule has 3 rings (SSSR count). The lowest BCUT2D eigenvalue weighted by Gasteiger charge is -2.25. The molecule has 0 radical (unpaired) electrons. The summed E-state index contributed by atoms with van der Waals surface area (Å²) >= 11 is 5.92. The zero-order valence-corrected chi connectivity index (χ0v) is 12.7. The summed E-state index contributed by atoms with van der Waals surface area (Å²) in [5, 5.41) is 10.7. The maximum Gasteiger partial charge on any atom is 0.347 e. The van der Waals surface area contributed by atoms with Crippen molar-refractivity contribution in [3.05, 3.63) is 44.3 Å². The molecule has 6 nitrogen and oxygen atoms in total. The zero-order valence-electron chi connectivity index (χ0n) is 11.9. The first-order chi connectivity index (χ1) is 10.4. The molecule has 2 aromatic heterocycles. The van der Waals surface area contributed by atoms with Crippen molar-refractivity contribution in [1.29, 1.82) is 0 Å². The van der Waals surface area contributed by atoms with Gasteiger partial charge in [0.25, 0.3) is 5.56 Å². The molecule has 0 aliphatic heterocycles. The Bertz CT molecular complexity index is 844. The van der Waals surface area contributed by atoms with Crippen molar-refractivity contribution in [2.24, 2.45) is 0 Å². The van der Waals surface area contributed by atoms with Crippen LogP contribution in [0.3, 0.4) is 0 Å². The molecule has 2 heterocycles. The van der Waals surface area contributed by atoms with Crippen LogP contribution < -0.4 is 5.56 Å². The largest absolute Gasteiger partial charge is 0.506 e. The predicted molar refractivity (Wildman–Crippen MR) is 80.4 cm³/mol. The average Bonchev–Trinajstić information content (AvgIpc) is 2.47. The Hall–Kier alpha value is -2.34. The number of H-pyrrole nitrogens is 1. The van der Waals surface area contributed by atoms with Gasteiger partial charge < -0.3 is 14.8 Å². The van der Waals surface area contributed by atoms with Crippen LogP contribution >= 0.6 is 11.6 Å². The van der Waals surface area contributed by atoms with Gasteiger partial charge in [0, 0.05) is 5.56 Å². The third-order valence-electron chi connectivity index (χ3n) is 3.82. The van der Waals surface area contributed by atoms with Crippen molar-refractivity contribution in [1.82, 2.24) is 9.97 Å². The van der Waals surface area contributed by atoms with E-state index in [1.807, 2.05) is 13.0 Å². The van der Waals surface area contributed by atoms with Crippen LogP contribution in [0.15, 0.2) is 16.9 Å². The fourth-order valence-corrected chi connectivity index (χ4v) is 2.99. The highest BCUT2D eigenvalue weighted by molar-refractivity contribution is 6.29. The minimum absolute atomic E-state index is 0.0919.